The molecule has 1 aromatic heterocycles. The topological polar surface area (TPSA) is 19.4 Å². The van der Waals surface area contributed by atoms with E-state index in [9.17, 15) is 0 Å². The molecule has 0 N–H and O–H groups in total. The molecule has 4 rings (SSSR count). The van der Waals surface area contributed by atoms with Crippen molar-refractivity contribution < 1.29 is 0 Å². The highest BCUT2D eigenvalue weighted by molar-refractivity contribution is 5.94. The molecule has 134 valence electrons. The van der Waals surface area contributed by atoms with Crippen molar-refractivity contribution in [2.24, 2.45) is 11.8 Å². The lowest BCUT2D eigenvalue weighted by Crippen LogP contribution is -2.27. The van der Waals surface area contributed by atoms with E-state index in [2.05, 4.69) is 62.7 Å². The van der Waals surface area contributed by atoms with E-state index in [-0.39, 0.29) is 0 Å². The second-order valence-corrected chi connectivity index (χ2v) is 8.52. The summed E-state index contributed by atoms with van der Waals surface area (Å²) >= 11 is 0. The summed E-state index contributed by atoms with van der Waals surface area (Å²) in [5.74, 6) is 2.16. The molecule has 2 fully saturated rings. The quantitative estimate of drug-likeness (QED) is 0.836. The molecule has 0 unspecified atom stereocenters. The summed E-state index contributed by atoms with van der Waals surface area (Å²) in [4.78, 5) is 10.1. The maximum Gasteiger partial charge on any atom is 0.0941 e. The highest BCUT2D eigenvalue weighted by Crippen LogP contribution is 2.38. The van der Waals surface area contributed by atoms with Gasteiger partial charge in [-0.1, -0.05) is 20.8 Å². The van der Waals surface area contributed by atoms with Crippen LogP contribution >= 0.6 is 0 Å². The number of anilines is 1. The number of likely N-dealkylation sites (tertiary alicyclic amines) is 1. The van der Waals surface area contributed by atoms with Crippen LogP contribution in [0.15, 0.2) is 18.2 Å². The van der Waals surface area contributed by atoms with Gasteiger partial charge in [-0.15, -0.1) is 0 Å². The first-order chi connectivity index (χ1) is 12.0. The van der Waals surface area contributed by atoms with Crippen molar-refractivity contribution in [3.05, 3.63) is 35.0 Å². The fraction of sp³-hybridized carbons (Fsp3) is 0.591. The largest absolute Gasteiger partial charge is 0.369 e. The third-order valence-electron chi connectivity index (χ3n) is 6.15. The SMILES string of the molecule is CCc1cc(N2C[C@H]3CN(C)C[C@H]3C2)c2nc(C)cc(C(C)C)c2c1. The molecule has 0 radical (unpaired) electrons. The molecule has 2 aromatic rings. The Balaban J connectivity index is 1.83. The van der Waals surface area contributed by atoms with Gasteiger partial charge in [0.2, 0.25) is 0 Å². The van der Waals surface area contributed by atoms with Gasteiger partial charge in [0.05, 0.1) is 11.2 Å². The Kier molecular flexibility index (Phi) is 4.23. The molecular formula is C22H31N3. The van der Waals surface area contributed by atoms with Crippen molar-refractivity contribution in [1.82, 2.24) is 9.88 Å². The summed E-state index contributed by atoms with van der Waals surface area (Å²) in [5, 5.41) is 1.36. The van der Waals surface area contributed by atoms with Crippen molar-refractivity contribution in [3.63, 3.8) is 0 Å². The van der Waals surface area contributed by atoms with Gasteiger partial charge in [0.25, 0.3) is 0 Å². The first-order valence-electron chi connectivity index (χ1n) is 9.84. The van der Waals surface area contributed by atoms with Gasteiger partial charge in [-0.3, -0.25) is 4.98 Å². The summed E-state index contributed by atoms with van der Waals surface area (Å²) in [6.45, 7) is 13.8. The highest BCUT2D eigenvalue weighted by Gasteiger charge is 2.39. The number of aryl methyl sites for hydroxylation is 2. The molecule has 0 saturated carbocycles. The number of pyridine rings is 1. The Hall–Kier alpha value is -1.61. The van der Waals surface area contributed by atoms with E-state index in [0.29, 0.717) is 5.92 Å². The predicted octanol–water partition coefficient (Wildman–Crippen LogP) is 4.23. The summed E-state index contributed by atoms with van der Waals surface area (Å²) in [6.07, 6.45) is 1.08. The third-order valence-corrected chi connectivity index (χ3v) is 6.15. The zero-order chi connectivity index (χ0) is 17.7. The second-order valence-electron chi connectivity index (χ2n) is 8.52. The van der Waals surface area contributed by atoms with E-state index in [4.69, 9.17) is 4.98 Å². The van der Waals surface area contributed by atoms with Crippen LogP contribution in [0.2, 0.25) is 0 Å². The van der Waals surface area contributed by atoms with E-state index in [1.165, 1.54) is 53.9 Å². The van der Waals surface area contributed by atoms with Crippen LogP contribution in [0.25, 0.3) is 10.9 Å². The van der Waals surface area contributed by atoms with E-state index in [0.717, 1.165) is 24.0 Å². The van der Waals surface area contributed by atoms with Gasteiger partial charge in [-0.25, -0.2) is 0 Å². The van der Waals surface area contributed by atoms with Gasteiger partial charge in [0, 0.05) is 37.3 Å². The van der Waals surface area contributed by atoms with Crippen LogP contribution in [-0.4, -0.2) is 43.1 Å². The molecule has 2 atom stereocenters. The standard InChI is InChI=1S/C22H31N3/c1-6-16-8-20-19(14(2)3)7-15(4)23-22(20)21(9-16)25-12-17-10-24(5)11-18(17)13-25/h7-9,14,17-18H,6,10-13H2,1-5H3/t17-,18+. The molecule has 0 amide bonds. The molecule has 0 spiro atoms. The van der Waals surface area contributed by atoms with Crippen molar-refractivity contribution in [3.8, 4) is 0 Å². The second kappa shape index (κ2) is 6.28. The minimum Gasteiger partial charge on any atom is -0.369 e. The minimum absolute atomic E-state index is 0.524. The average molecular weight is 338 g/mol. The Bertz CT molecular complexity index is 781. The number of benzene rings is 1. The van der Waals surface area contributed by atoms with Crippen LogP contribution in [0.4, 0.5) is 5.69 Å². The van der Waals surface area contributed by atoms with Gasteiger partial charge in [-0.2, -0.15) is 0 Å². The Morgan fingerprint density at radius 2 is 1.76 bits per heavy atom. The molecule has 2 saturated heterocycles. The Morgan fingerprint density at radius 1 is 1.08 bits per heavy atom. The van der Waals surface area contributed by atoms with Gasteiger partial charge in [-0.05, 0) is 67.5 Å². The summed E-state index contributed by atoms with van der Waals surface area (Å²) in [5.41, 5.74) is 6.61. The Morgan fingerprint density at radius 3 is 2.36 bits per heavy atom. The van der Waals surface area contributed by atoms with Crippen molar-refractivity contribution in [2.45, 2.75) is 40.0 Å². The van der Waals surface area contributed by atoms with E-state index < -0.39 is 0 Å². The average Bonchev–Trinajstić information content (AvgIpc) is 3.10. The van der Waals surface area contributed by atoms with Crippen molar-refractivity contribution >= 4 is 16.6 Å². The van der Waals surface area contributed by atoms with Crippen LogP contribution in [0.5, 0.6) is 0 Å². The monoisotopic (exact) mass is 337 g/mol. The van der Waals surface area contributed by atoms with Crippen LogP contribution in [-0.2, 0) is 6.42 Å². The molecule has 0 aliphatic carbocycles. The normalized spacial score (nSPS) is 23.8. The first kappa shape index (κ1) is 16.8. The van der Waals surface area contributed by atoms with Crippen molar-refractivity contribution in [1.29, 1.82) is 0 Å². The molecule has 3 heterocycles. The fourth-order valence-electron chi connectivity index (χ4n) is 4.87. The lowest BCUT2D eigenvalue weighted by atomic mass is 9.95. The van der Waals surface area contributed by atoms with Gasteiger partial charge < -0.3 is 9.80 Å². The zero-order valence-electron chi connectivity index (χ0n) is 16.3. The lowest BCUT2D eigenvalue weighted by Gasteiger charge is -2.24. The number of rotatable bonds is 3. The van der Waals surface area contributed by atoms with Crippen LogP contribution in [0.1, 0.15) is 43.5 Å². The molecule has 3 nitrogen and oxygen atoms in total. The minimum atomic E-state index is 0.524. The number of hydrogen-bond donors (Lipinski definition) is 0. The van der Waals surface area contributed by atoms with Crippen molar-refractivity contribution in [2.75, 3.05) is 38.1 Å². The number of aromatic nitrogens is 1. The molecular weight excluding hydrogens is 306 g/mol. The predicted molar refractivity (Wildman–Crippen MR) is 107 cm³/mol. The fourth-order valence-corrected chi connectivity index (χ4v) is 4.87. The van der Waals surface area contributed by atoms with Gasteiger partial charge in [0.15, 0.2) is 0 Å². The molecule has 25 heavy (non-hydrogen) atoms. The maximum atomic E-state index is 5.00. The molecule has 2 aliphatic heterocycles. The lowest BCUT2D eigenvalue weighted by molar-refractivity contribution is 0.387. The maximum absolute atomic E-state index is 5.00. The molecule has 1 aromatic carbocycles. The number of hydrogen-bond acceptors (Lipinski definition) is 3. The number of fused-ring (bicyclic) bond motifs is 2. The zero-order valence-corrected chi connectivity index (χ0v) is 16.3. The molecule has 2 aliphatic rings. The third kappa shape index (κ3) is 2.93. The molecule has 0 bridgehead atoms. The van der Waals surface area contributed by atoms with Crippen LogP contribution in [0, 0.1) is 18.8 Å². The molecule has 3 heteroatoms. The summed E-state index contributed by atoms with van der Waals surface area (Å²) in [6, 6.07) is 7.07. The smallest absolute Gasteiger partial charge is 0.0941 e. The van der Waals surface area contributed by atoms with Crippen LogP contribution < -0.4 is 4.90 Å². The summed E-state index contributed by atoms with van der Waals surface area (Å²) in [7, 11) is 2.26. The van der Waals surface area contributed by atoms with E-state index in [1.807, 2.05) is 0 Å². The van der Waals surface area contributed by atoms with E-state index >= 15 is 0 Å². The van der Waals surface area contributed by atoms with E-state index in [1.54, 1.807) is 0 Å². The highest BCUT2D eigenvalue weighted by atomic mass is 15.2. The Labute approximate surface area is 152 Å². The van der Waals surface area contributed by atoms with Crippen LogP contribution in [0.3, 0.4) is 0 Å². The van der Waals surface area contributed by atoms with Gasteiger partial charge in [0.1, 0.15) is 0 Å². The number of nitrogens with zero attached hydrogens (tertiary/aromatic N) is 3. The summed E-state index contributed by atoms with van der Waals surface area (Å²) < 4.78 is 0. The first-order valence-corrected chi connectivity index (χ1v) is 9.84. The van der Waals surface area contributed by atoms with Gasteiger partial charge >= 0.3 is 0 Å².